The fourth-order valence-corrected chi connectivity index (χ4v) is 3.03. The molecule has 1 saturated heterocycles. The van der Waals surface area contributed by atoms with Gasteiger partial charge in [-0.05, 0) is 11.6 Å². The average molecular weight is 347 g/mol. The predicted octanol–water partition coefficient (Wildman–Crippen LogP) is 1.93. The van der Waals surface area contributed by atoms with Crippen molar-refractivity contribution in [2.45, 2.75) is 6.04 Å². The number of ether oxygens (including phenoxy) is 1. The van der Waals surface area contributed by atoms with Crippen LogP contribution in [-0.2, 0) is 4.74 Å². The molecule has 1 aromatic carbocycles. The molecule has 0 spiro atoms. The second-order valence-electron chi connectivity index (χ2n) is 5.49. The van der Waals surface area contributed by atoms with E-state index in [1.165, 1.54) is 18.6 Å². The average Bonchev–Trinajstić information content (AvgIpc) is 2.65. The van der Waals surface area contributed by atoms with Crippen LogP contribution in [0.25, 0.3) is 0 Å². The van der Waals surface area contributed by atoms with E-state index in [4.69, 9.17) is 16.3 Å². The third kappa shape index (κ3) is 4.08. The van der Waals surface area contributed by atoms with Gasteiger partial charge in [0.15, 0.2) is 0 Å². The number of aromatic nitrogens is 2. The first kappa shape index (κ1) is 16.8. The van der Waals surface area contributed by atoms with Crippen LogP contribution in [0.1, 0.15) is 22.1 Å². The molecule has 0 bridgehead atoms. The van der Waals surface area contributed by atoms with Gasteiger partial charge in [-0.1, -0.05) is 29.8 Å². The van der Waals surface area contributed by atoms with Crippen LogP contribution in [0.15, 0.2) is 42.9 Å². The highest BCUT2D eigenvalue weighted by molar-refractivity contribution is 6.31. The maximum atomic E-state index is 12.3. The Bertz CT molecular complexity index is 677. The van der Waals surface area contributed by atoms with Gasteiger partial charge in [0.25, 0.3) is 5.91 Å². The fourth-order valence-electron chi connectivity index (χ4n) is 2.77. The third-order valence-electron chi connectivity index (χ3n) is 4.00. The van der Waals surface area contributed by atoms with E-state index in [0.717, 1.165) is 18.7 Å². The number of halogens is 1. The van der Waals surface area contributed by atoms with E-state index >= 15 is 0 Å². The van der Waals surface area contributed by atoms with Gasteiger partial charge in [-0.25, -0.2) is 4.98 Å². The molecular formula is C17H19ClN4O2. The van der Waals surface area contributed by atoms with Crippen molar-refractivity contribution >= 4 is 17.5 Å². The second-order valence-corrected chi connectivity index (χ2v) is 5.89. The van der Waals surface area contributed by atoms with Crippen LogP contribution < -0.4 is 5.32 Å². The zero-order chi connectivity index (χ0) is 16.8. The lowest BCUT2D eigenvalue weighted by Gasteiger charge is -2.35. The normalized spacial score (nSPS) is 16.5. The highest BCUT2D eigenvalue weighted by Crippen LogP contribution is 2.27. The zero-order valence-electron chi connectivity index (χ0n) is 13.2. The maximum Gasteiger partial charge on any atom is 0.271 e. The van der Waals surface area contributed by atoms with Crippen molar-refractivity contribution in [3.63, 3.8) is 0 Å². The van der Waals surface area contributed by atoms with Crippen molar-refractivity contribution in [1.82, 2.24) is 20.2 Å². The van der Waals surface area contributed by atoms with E-state index in [0.29, 0.717) is 30.5 Å². The molecule has 1 aliphatic rings. The third-order valence-corrected chi connectivity index (χ3v) is 4.35. The van der Waals surface area contributed by atoms with E-state index < -0.39 is 0 Å². The fraction of sp³-hybridized carbons (Fsp3) is 0.353. The van der Waals surface area contributed by atoms with Crippen molar-refractivity contribution in [2.24, 2.45) is 0 Å². The second kappa shape index (κ2) is 8.19. The number of carbonyl (C=O) groups is 1. The Morgan fingerprint density at radius 3 is 2.79 bits per heavy atom. The van der Waals surface area contributed by atoms with Gasteiger partial charge < -0.3 is 10.1 Å². The molecular weight excluding hydrogens is 328 g/mol. The summed E-state index contributed by atoms with van der Waals surface area (Å²) in [5.41, 5.74) is 1.30. The van der Waals surface area contributed by atoms with Gasteiger partial charge >= 0.3 is 0 Å². The first-order chi connectivity index (χ1) is 11.8. The van der Waals surface area contributed by atoms with Crippen molar-refractivity contribution in [3.8, 4) is 0 Å². The molecule has 7 heteroatoms. The van der Waals surface area contributed by atoms with Gasteiger partial charge in [-0.15, -0.1) is 0 Å². The Labute approximate surface area is 145 Å². The molecule has 6 nitrogen and oxygen atoms in total. The molecule has 2 aromatic rings. The topological polar surface area (TPSA) is 67.4 Å². The number of benzene rings is 1. The molecule has 1 N–H and O–H groups in total. The largest absolute Gasteiger partial charge is 0.379 e. The number of morpholine rings is 1. The van der Waals surface area contributed by atoms with Gasteiger partial charge in [0.2, 0.25) is 0 Å². The smallest absolute Gasteiger partial charge is 0.271 e. The number of hydrogen-bond donors (Lipinski definition) is 1. The summed E-state index contributed by atoms with van der Waals surface area (Å²) in [6.07, 6.45) is 4.49. The molecule has 1 aliphatic heterocycles. The molecule has 1 amide bonds. The number of nitrogens with zero attached hydrogens (tertiary/aromatic N) is 3. The minimum absolute atomic E-state index is 0.0109. The summed E-state index contributed by atoms with van der Waals surface area (Å²) in [7, 11) is 0. The quantitative estimate of drug-likeness (QED) is 0.896. The maximum absolute atomic E-state index is 12.3. The van der Waals surface area contributed by atoms with E-state index in [1.54, 1.807) is 0 Å². The summed E-state index contributed by atoms with van der Waals surface area (Å²) in [5, 5.41) is 3.64. The lowest BCUT2D eigenvalue weighted by atomic mass is 10.0. The summed E-state index contributed by atoms with van der Waals surface area (Å²) in [5.74, 6) is -0.242. The van der Waals surface area contributed by atoms with Crippen LogP contribution in [-0.4, -0.2) is 53.6 Å². The minimum Gasteiger partial charge on any atom is -0.379 e. The van der Waals surface area contributed by atoms with Crippen LogP contribution in [0, 0.1) is 0 Å². The minimum atomic E-state index is -0.242. The van der Waals surface area contributed by atoms with E-state index in [2.05, 4.69) is 20.2 Å². The molecule has 0 radical (unpaired) electrons. The molecule has 126 valence electrons. The standard InChI is InChI=1S/C17H19ClN4O2/c18-14-4-2-1-3-13(14)16(22-7-9-24-10-8-22)12-21-17(23)15-11-19-5-6-20-15/h1-6,11,16H,7-10,12H2,(H,21,23)/t16-/m0/s1. The van der Waals surface area contributed by atoms with Gasteiger partial charge in [0.05, 0.1) is 25.5 Å². The van der Waals surface area contributed by atoms with E-state index in [1.807, 2.05) is 24.3 Å². The Morgan fingerprint density at radius 2 is 2.08 bits per heavy atom. The number of rotatable bonds is 5. The Hall–Kier alpha value is -2.02. The monoisotopic (exact) mass is 346 g/mol. The molecule has 1 aromatic heterocycles. The summed E-state index contributed by atoms with van der Waals surface area (Å²) in [4.78, 5) is 22.5. The van der Waals surface area contributed by atoms with Crippen molar-refractivity contribution in [1.29, 1.82) is 0 Å². The molecule has 1 atom stereocenters. The summed E-state index contributed by atoms with van der Waals surface area (Å²) in [6, 6.07) is 7.72. The summed E-state index contributed by atoms with van der Waals surface area (Å²) >= 11 is 6.38. The molecule has 24 heavy (non-hydrogen) atoms. The number of hydrogen-bond acceptors (Lipinski definition) is 5. The Kier molecular flexibility index (Phi) is 5.74. The first-order valence-corrected chi connectivity index (χ1v) is 8.24. The van der Waals surface area contributed by atoms with Crippen LogP contribution in [0.2, 0.25) is 5.02 Å². The number of carbonyl (C=O) groups excluding carboxylic acids is 1. The molecule has 2 heterocycles. The van der Waals surface area contributed by atoms with Crippen molar-refractivity contribution < 1.29 is 9.53 Å². The van der Waals surface area contributed by atoms with Gasteiger partial charge in [-0.2, -0.15) is 0 Å². The van der Waals surface area contributed by atoms with Crippen LogP contribution in [0.3, 0.4) is 0 Å². The van der Waals surface area contributed by atoms with Crippen molar-refractivity contribution in [2.75, 3.05) is 32.8 Å². The molecule has 0 saturated carbocycles. The molecule has 1 fully saturated rings. The first-order valence-electron chi connectivity index (χ1n) is 7.86. The van der Waals surface area contributed by atoms with Crippen LogP contribution in [0.5, 0.6) is 0 Å². The summed E-state index contributed by atoms with van der Waals surface area (Å²) < 4.78 is 5.43. The van der Waals surface area contributed by atoms with Gasteiger partial charge in [-0.3, -0.25) is 14.7 Å². The molecule has 0 unspecified atom stereocenters. The highest BCUT2D eigenvalue weighted by atomic mass is 35.5. The van der Waals surface area contributed by atoms with Crippen LogP contribution in [0.4, 0.5) is 0 Å². The lowest BCUT2D eigenvalue weighted by molar-refractivity contribution is 0.0162. The van der Waals surface area contributed by atoms with Gasteiger partial charge in [0.1, 0.15) is 5.69 Å². The Morgan fingerprint density at radius 1 is 1.29 bits per heavy atom. The van der Waals surface area contributed by atoms with Gasteiger partial charge in [0, 0.05) is 37.1 Å². The molecule has 0 aliphatic carbocycles. The SMILES string of the molecule is O=C(NC[C@@H](c1ccccc1Cl)N1CCOCC1)c1cnccn1. The number of amides is 1. The summed E-state index contributed by atoms with van der Waals surface area (Å²) in [6.45, 7) is 3.41. The Balaban J connectivity index is 1.75. The predicted molar refractivity (Wildman–Crippen MR) is 91.0 cm³/mol. The molecule has 3 rings (SSSR count). The zero-order valence-corrected chi connectivity index (χ0v) is 13.9. The highest BCUT2D eigenvalue weighted by Gasteiger charge is 2.25. The van der Waals surface area contributed by atoms with Crippen molar-refractivity contribution in [3.05, 3.63) is 59.1 Å². The van der Waals surface area contributed by atoms with Crippen LogP contribution >= 0.6 is 11.6 Å². The lowest BCUT2D eigenvalue weighted by Crippen LogP contribution is -2.44. The number of nitrogens with one attached hydrogen (secondary N) is 1. The van der Waals surface area contributed by atoms with E-state index in [9.17, 15) is 4.79 Å². The van der Waals surface area contributed by atoms with E-state index in [-0.39, 0.29) is 11.9 Å².